The third-order valence-electron chi connectivity index (χ3n) is 3.46. The highest BCUT2D eigenvalue weighted by molar-refractivity contribution is 5.79. The largest absolute Gasteiger partial charge is 0.417 e. The molecule has 0 saturated heterocycles. The second-order valence-corrected chi connectivity index (χ2v) is 5.12. The predicted molar refractivity (Wildman–Crippen MR) is 81.4 cm³/mol. The Bertz CT molecular complexity index is 785. The van der Waals surface area contributed by atoms with E-state index in [0.717, 1.165) is 12.3 Å². The van der Waals surface area contributed by atoms with Crippen molar-refractivity contribution in [3.05, 3.63) is 40.8 Å². The lowest BCUT2D eigenvalue weighted by molar-refractivity contribution is -0.137. The van der Waals surface area contributed by atoms with Gasteiger partial charge in [-0.15, -0.1) is 6.42 Å². The highest BCUT2D eigenvalue weighted by Crippen LogP contribution is 2.29. The molecule has 0 atom stereocenters. The molecule has 0 aliphatic heterocycles. The third-order valence-corrected chi connectivity index (χ3v) is 3.46. The maximum Gasteiger partial charge on any atom is 0.417 e. The van der Waals surface area contributed by atoms with Gasteiger partial charge >= 0.3 is 6.18 Å². The Labute approximate surface area is 136 Å². The number of hydrogen-bond donors (Lipinski definition) is 1. The number of pyridine rings is 1. The van der Waals surface area contributed by atoms with Crippen molar-refractivity contribution in [3.8, 4) is 18.2 Å². The molecule has 0 radical (unpaired) electrons. The van der Waals surface area contributed by atoms with Crippen molar-refractivity contribution in [2.24, 2.45) is 0 Å². The van der Waals surface area contributed by atoms with E-state index in [1.54, 1.807) is 13.8 Å². The van der Waals surface area contributed by atoms with Crippen LogP contribution in [0.5, 0.6) is 0 Å². The molecule has 0 aliphatic rings. The van der Waals surface area contributed by atoms with Crippen LogP contribution < -0.4 is 5.32 Å². The minimum atomic E-state index is -4.44. The molecule has 0 saturated carbocycles. The van der Waals surface area contributed by atoms with Gasteiger partial charge in [0.25, 0.3) is 0 Å². The lowest BCUT2D eigenvalue weighted by Crippen LogP contribution is -2.25. The van der Waals surface area contributed by atoms with Crippen LogP contribution in [0.4, 0.5) is 13.2 Å². The summed E-state index contributed by atoms with van der Waals surface area (Å²) < 4.78 is 39.2. The molecule has 5 nitrogen and oxygen atoms in total. The lowest BCUT2D eigenvalue weighted by Gasteiger charge is -2.08. The van der Waals surface area contributed by atoms with Crippen molar-refractivity contribution in [2.75, 3.05) is 6.54 Å². The summed E-state index contributed by atoms with van der Waals surface area (Å²) in [6.07, 6.45) is 1.48. The van der Waals surface area contributed by atoms with Gasteiger partial charge in [-0.2, -0.15) is 18.3 Å². The van der Waals surface area contributed by atoms with Gasteiger partial charge in [-0.1, -0.05) is 5.92 Å². The first-order valence-corrected chi connectivity index (χ1v) is 7.03. The number of rotatable bonds is 4. The van der Waals surface area contributed by atoms with Gasteiger partial charge in [-0.05, 0) is 26.0 Å². The maximum absolute atomic E-state index is 12.6. The molecule has 0 aromatic carbocycles. The van der Waals surface area contributed by atoms with Crippen LogP contribution in [0.3, 0.4) is 0 Å². The number of carbonyl (C=O) groups is 1. The third kappa shape index (κ3) is 3.74. The van der Waals surface area contributed by atoms with E-state index in [4.69, 9.17) is 6.42 Å². The predicted octanol–water partition coefficient (Wildman–Crippen LogP) is 2.19. The van der Waals surface area contributed by atoms with Crippen LogP contribution in [0.25, 0.3) is 5.82 Å². The fourth-order valence-corrected chi connectivity index (χ4v) is 2.21. The van der Waals surface area contributed by atoms with Crippen LogP contribution in [0.2, 0.25) is 0 Å². The van der Waals surface area contributed by atoms with Crippen molar-refractivity contribution in [1.29, 1.82) is 0 Å². The molecule has 24 heavy (non-hydrogen) atoms. The summed E-state index contributed by atoms with van der Waals surface area (Å²) in [6.45, 7) is 3.58. The zero-order valence-electron chi connectivity index (χ0n) is 13.1. The number of nitrogens with one attached hydrogen (secondary N) is 1. The number of halogens is 3. The van der Waals surface area contributed by atoms with Gasteiger partial charge in [-0.25, -0.2) is 9.67 Å². The van der Waals surface area contributed by atoms with E-state index in [0.29, 0.717) is 17.0 Å². The molecule has 0 bridgehead atoms. The van der Waals surface area contributed by atoms with Gasteiger partial charge in [0.15, 0.2) is 5.82 Å². The van der Waals surface area contributed by atoms with Gasteiger partial charge in [0.1, 0.15) is 0 Å². The molecule has 2 rings (SSSR count). The molecule has 2 aromatic heterocycles. The van der Waals surface area contributed by atoms with Gasteiger partial charge in [0.05, 0.1) is 24.2 Å². The zero-order chi connectivity index (χ0) is 17.9. The number of aromatic nitrogens is 3. The topological polar surface area (TPSA) is 59.8 Å². The molecule has 0 aliphatic carbocycles. The average molecular weight is 336 g/mol. The average Bonchev–Trinajstić information content (AvgIpc) is 2.80. The summed E-state index contributed by atoms with van der Waals surface area (Å²) in [5, 5.41) is 6.81. The molecule has 1 amide bonds. The Morgan fingerprint density at radius 2 is 2.08 bits per heavy atom. The quantitative estimate of drug-likeness (QED) is 0.871. The molecular formula is C16H15F3N4O. The van der Waals surface area contributed by atoms with E-state index in [9.17, 15) is 18.0 Å². The minimum absolute atomic E-state index is 0.0833. The van der Waals surface area contributed by atoms with E-state index in [1.807, 2.05) is 0 Å². The lowest BCUT2D eigenvalue weighted by atomic mass is 10.1. The SMILES string of the molecule is C#CCNC(=O)Cc1c(C)nn(-c2ccc(C(F)(F)F)cn2)c1C. The summed E-state index contributed by atoms with van der Waals surface area (Å²) >= 11 is 0. The van der Waals surface area contributed by atoms with Crippen molar-refractivity contribution in [1.82, 2.24) is 20.1 Å². The molecule has 2 heterocycles. The summed E-state index contributed by atoms with van der Waals surface area (Å²) in [5.74, 6) is 2.31. The van der Waals surface area contributed by atoms with E-state index in [1.165, 1.54) is 10.7 Å². The number of alkyl halides is 3. The van der Waals surface area contributed by atoms with E-state index >= 15 is 0 Å². The van der Waals surface area contributed by atoms with Crippen molar-refractivity contribution in [2.45, 2.75) is 26.4 Å². The second kappa shape index (κ2) is 6.74. The Kier molecular flexibility index (Phi) is 4.93. The molecule has 1 N–H and O–H groups in total. The molecular weight excluding hydrogens is 321 g/mol. The van der Waals surface area contributed by atoms with Gasteiger partial charge in [-0.3, -0.25) is 4.79 Å². The highest BCUT2D eigenvalue weighted by atomic mass is 19.4. The molecule has 0 spiro atoms. The van der Waals surface area contributed by atoms with E-state index in [2.05, 4.69) is 21.3 Å². The molecule has 0 fully saturated rings. The van der Waals surface area contributed by atoms with Crippen LogP contribution in [0, 0.1) is 26.2 Å². The number of carbonyl (C=O) groups excluding carboxylic acids is 1. The van der Waals surface area contributed by atoms with E-state index < -0.39 is 11.7 Å². The zero-order valence-corrected chi connectivity index (χ0v) is 13.1. The van der Waals surface area contributed by atoms with Crippen LogP contribution in [0.1, 0.15) is 22.5 Å². The Balaban J connectivity index is 2.28. The first kappa shape index (κ1) is 17.5. The van der Waals surface area contributed by atoms with Crippen LogP contribution in [-0.2, 0) is 17.4 Å². The number of nitrogens with zero attached hydrogens (tertiary/aromatic N) is 3. The molecule has 2 aromatic rings. The fraction of sp³-hybridized carbons (Fsp3) is 0.312. The summed E-state index contributed by atoms with van der Waals surface area (Å²) in [7, 11) is 0. The van der Waals surface area contributed by atoms with Crippen LogP contribution >= 0.6 is 0 Å². The second-order valence-electron chi connectivity index (χ2n) is 5.12. The fourth-order valence-electron chi connectivity index (χ4n) is 2.21. The number of amides is 1. The van der Waals surface area contributed by atoms with Gasteiger partial charge in [0.2, 0.25) is 5.91 Å². The van der Waals surface area contributed by atoms with Crippen molar-refractivity contribution < 1.29 is 18.0 Å². The smallest absolute Gasteiger partial charge is 0.345 e. The summed E-state index contributed by atoms with van der Waals surface area (Å²) in [6, 6.07) is 2.18. The monoisotopic (exact) mass is 336 g/mol. The Morgan fingerprint density at radius 1 is 1.38 bits per heavy atom. The Hall–Kier alpha value is -2.82. The molecule has 126 valence electrons. The number of terminal acetylenes is 1. The maximum atomic E-state index is 12.6. The number of aryl methyl sites for hydroxylation is 1. The van der Waals surface area contributed by atoms with Crippen LogP contribution in [0.15, 0.2) is 18.3 Å². The van der Waals surface area contributed by atoms with Gasteiger partial charge in [0, 0.05) is 17.5 Å². The number of hydrogen-bond acceptors (Lipinski definition) is 3. The van der Waals surface area contributed by atoms with E-state index in [-0.39, 0.29) is 24.7 Å². The normalized spacial score (nSPS) is 11.2. The van der Waals surface area contributed by atoms with Crippen LogP contribution in [-0.4, -0.2) is 27.2 Å². The standard InChI is InChI=1S/C16H15F3N4O/c1-4-7-20-15(24)8-13-10(2)22-23(11(13)3)14-6-5-12(9-21-14)16(17,18)19/h1,5-6,9H,7-8H2,2-3H3,(H,20,24). The van der Waals surface area contributed by atoms with Crippen molar-refractivity contribution in [3.63, 3.8) is 0 Å². The molecule has 8 heteroatoms. The highest BCUT2D eigenvalue weighted by Gasteiger charge is 2.30. The van der Waals surface area contributed by atoms with Gasteiger partial charge < -0.3 is 5.32 Å². The Morgan fingerprint density at radius 3 is 2.62 bits per heavy atom. The summed E-state index contributed by atoms with van der Waals surface area (Å²) in [4.78, 5) is 15.6. The first-order chi connectivity index (χ1) is 11.2. The summed E-state index contributed by atoms with van der Waals surface area (Å²) in [5.41, 5.74) is 1.09. The minimum Gasteiger partial charge on any atom is -0.345 e. The molecule has 0 unspecified atom stereocenters. The first-order valence-electron chi connectivity index (χ1n) is 7.03. The van der Waals surface area contributed by atoms with Crippen molar-refractivity contribution >= 4 is 5.91 Å².